The first-order chi connectivity index (χ1) is 11.3. The van der Waals surface area contributed by atoms with Crippen molar-refractivity contribution in [3.63, 3.8) is 0 Å². The smallest absolute Gasteiger partial charge is 0.244 e. The van der Waals surface area contributed by atoms with Gasteiger partial charge >= 0.3 is 0 Å². The molecular formula is C18H27N3O2S. The lowest BCUT2D eigenvalue weighted by Gasteiger charge is -2.18. The molecule has 2 atom stereocenters. The number of aromatic nitrogens is 2. The molecule has 2 rings (SSSR count). The summed E-state index contributed by atoms with van der Waals surface area (Å²) in [6.45, 7) is 8.09. The topological polar surface area (TPSA) is 64.0 Å². The van der Waals surface area contributed by atoms with E-state index in [-0.39, 0.29) is 10.9 Å². The van der Waals surface area contributed by atoms with E-state index in [9.17, 15) is 8.42 Å². The van der Waals surface area contributed by atoms with Gasteiger partial charge in [0.15, 0.2) is 0 Å². The number of nitrogens with one attached hydrogen (secondary N) is 1. The van der Waals surface area contributed by atoms with Crippen LogP contribution in [-0.4, -0.2) is 18.2 Å². The van der Waals surface area contributed by atoms with Crippen LogP contribution >= 0.6 is 0 Å². The largest absolute Gasteiger partial charge is 0.272 e. The van der Waals surface area contributed by atoms with Gasteiger partial charge in [-0.25, -0.2) is 13.1 Å². The summed E-state index contributed by atoms with van der Waals surface area (Å²) in [5.74, 6) is 0.508. The molecule has 0 fully saturated rings. The van der Waals surface area contributed by atoms with Crippen molar-refractivity contribution in [1.82, 2.24) is 14.5 Å². The first-order valence-corrected chi connectivity index (χ1v) is 9.89. The Hall–Kier alpha value is -1.66. The standard InChI is InChI=1S/C18H27N3O2S/c1-6-13(3)15-8-10-16(11-9-15)17(7-2)20-24(22,23)18-12-19-21(5)14(18)4/h8-13,17,20H,6-7H2,1-5H3. The van der Waals surface area contributed by atoms with Crippen molar-refractivity contribution in [3.8, 4) is 0 Å². The predicted octanol–water partition coefficient (Wildman–Crippen LogP) is 3.67. The Balaban J connectivity index is 2.24. The Morgan fingerprint density at radius 3 is 2.17 bits per heavy atom. The molecular weight excluding hydrogens is 322 g/mol. The molecule has 0 aliphatic rings. The van der Waals surface area contributed by atoms with Gasteiger partial charge in [0.05, 0.1) is 11.9 Å². The lowest BCUT2D eigenvalue weighted by atomic mass is 9.96. The molecule has 5 nitrogen and oxygen atoms in total. The van der Waals surface area contributed by atoms with E-state index in [1.165, 1.54) is 11.8 Å². The maximum atomic E-state index is 12.7. The molecule has 0 bridgehead atoms. The minimum Gasteiger partial charge on any atom is -0.272 e. The summed E-state index contributed by atoms with van der Waals surface area (Å²) in [5, 5.41) is 4.03. The van der Waals surface area contributed by atoms with Gasteiger partial charge in [0.2, 0.25) is 10.0 Å². The number of nitrogens with zero attached hydrogens (tertiary/aromatic N) is 2. The van der Waals surface area contributed by atoms with Crippen molar-refractivity contribution < 1.29 is 8.42 Å². The van der Waals surface area contributed by atoms with E-state index >= 15 is 0 Å². The fraction of sp³-hybridized carbons (Fsp3) is 0.500. The number of hydrogen-bond donors (Lipinski definition) is 1. The third kappa shape index (κ3) is 3.87. The third-order valence-corrected chi connectivity index (χ3v) is 6.28. The Morgan fingerprint density at radius 1 is 1.12 bits per heavy atom. The second-order valence-corrected chi connectivity index (χ2v) is 7.96. The number of sulfonamides is 1. The number of rotatable bonds is 7. The second kappa shape index (κ2) is 7.49. The number of benzene rings is 1. The number of aryl methyl sites for hydroxylation is 1. The average molecular weight is 350 g/mol. The molecule has 2 unspecified atom stereocenters. The van der Waals surface area contributed by atoms with E-state index in [1.54, 1.807) is 18.7 Å². The Kier molecular flexibility index (Phi) is 5.83. The zero-order chi connectivity index (χ0) is 17.9. The molecule has 132 valence electrons. The van der Waals surface area contributed by atoms with Crippen LogP contribution in [0.3, 0.4) is 0 Å². The molecule has 0 spiro atoms. The minimum atomic E-state index is -3.59. The Bertz CT molecular complexity index is 779. The summed E-state index contributed by atoms with van der Waals surface area (Å²) in [4.78, 5) is 0.236. The molecule has 1 N–H and O–H groups in total. The van der Waals surface area contributed by atoms with Gasteiger partial charge in [-0.05, 0) is 36.8 Å². The first kappa shape index (κ1) is 18.7. The quantitative estimate of drug-likeness (QED) is 0.829. The summed E-state index contributed by atoms with van der Waals surface area (Å²) in [6.07, 6.45) is 3.17. The highest BCUT2D eigenvalue weighted by Crippen LogP contribution is 2.24. The van der Waals surface area contributed by atoms with Gasteiger partial charge < -0.3 is 0 Å². The normalized spacial score (nSPS) is 14.5. The van der Waals surface area contributed by atoms with E-state index in [4.69, 9.17) is 0 Å². The summed E-state index contributed by atoms with van der Waals surface area (Å²) < 4.78 is 29.7. The zero-order valence-electron chi connectivity index (χ0n) is 15.1. The van der Waals surface area contributed by atoms with Crippen molar-refractivity contribution in [2.24, 2.45) is 7.05 Å². The lowest BCUT2D eigenvalue weighted by Crippen LogP contribution is -2.28. The van der Waals surface area contributed by atoms with Gasteiger partial charge in [0.25, 0.3) is 0 Å². The summed E-state index contributed by atoms with van der Waals surface area (Å²) in [7, 11) is -1.86. The molecule has 1 heterocycles. The molecule has 24 heavy (non-hydrogen) atoms. The molecule has 1 aromatic carbocycles. The monoisotopic (exact) mass is 349 g/mol. The van der Waals surface area contributed by atoms with Crippen LogP contribution in [0.2, 0.25) is 0 Å². The van der Waals surface area contributed by atoms with E-state index in [2.05, 4.69) is 35.8 Å². The van der Waals surface area contributed by atoms with Gasteiger partial charge in [-0.3, -0.25) is 4.68 Å². The molecule has 6 heteroatoms. The van der Waals surface area contributed by atoms with Gasteiger partial charge in [-0.2, -0.15) is 5.10 Å². The van der Waals surface area contributed by atoms with Gasteiger partial charge in [0.1, 0.15) is 4.90 Å². The highest BCUT2D eigenvalue weighted by Gasteiger charge is 2.24. The number of hydrogen-bond acceptors (Lipinski definition) is 3. The van der Waals surface area contributed by atoms with Crippen molar-refractivity contribution in [2.75, 3.05) is 0 Å². The Labute approximate surface area is 145 Å². The molecule has 2 aromatic rings. The fourth-order valence-electron chi connectivity index (χ4n) is 2.67. The summed E-state index contributed by atoms with van der Waals surface area (Å²) in [5.41, 5.74) is 2.89. The van der Waals surface area contributed by atoms with Crippen LogP contribution in [0.15, 0.2) is 35.4 Å². The maximum absolute atomic E-state index is 12.7. The van der Waals surface area contributed by atoms with Crippen LogP contribution < -0.4 is 4.72 Å². The van der Waals surface area contributed by atoms with Gasteiger partial charge in [0, 0.05) is 13.1 Å². The molecule has 0 amide bonds. The van der Waals surface area contributed by atoms with Crippen molar-refractivity contribution in [1.29, 1.82) is 0 Å². The predicted molar refractivity (Wildman–Crippen MR) is 96.4 cm³/mol. The van der Waals surface area contributed by atoms with Gasteiger partial charge in [-0.15, -0.1) is 0 Å². The molecule has 0 aliphatic heterocycles. The van der Waals surface area contributed by atoms with Crippen LogP contribution in [0.5, 0.6) is 0 Å². The second-order valence-electron chi connectivity index (χ2n) is 6.28. The van der Waals surface area contributed by atoms with Crippen LogP contribution in [0, 0.1) is 6.92 Å². The van der Waals surface area contributed by atoms with E-state index in [0.717, 1.165) is 12.0 Å². The van der Waals surface area contributed by atoms with Crippen LogP contribution in [0.1, 0.15) is 62.4 Å². The average Bonchev–Trinajstić information content (AvgIpc) is 2.92. The van der Waals surface area contributed by atoms with Gasteiger partial charge in [-0.1, -0.05) is 45.0 Å². The minimum absolute atomic E-state index is 0.236. The first-order valence-electron chi connectivity index (χ1n) is 8.40. The van der Waals surface area contributed by atoms with Crippen LogP contribution in [-0.2, 0) is 17.1 Å². The SMILES string of the molecule is CCC(C)c1ccc(C(CC)NS(=O)(=O)c2cnn(C)c2C)cc1. The van der Waals surface area contributed by atoms with E-state index < -0.39 is 10.0 Å². The summed E-state index contributed by atoms with van der Waals surface area (Å²) in [6, 6.07) is 7.98. The Morgan fingerprint density at radius 2 is 1.71 bits per heavy atom. The van der Waals surface area contributed by atoms with Crippen molar-refractivity contribution in [3.05, 3.63) is 47.3 Å². The van der Waals surface area contributed by atoms with Crippen LogP contribution in [0.25, 0.3) is 0 Å². The fourth-order valence-corrected chi connectivity index (χ4v) is 4.18. The molecule has 0 saturated heterocycles. The molecule has 0 aliphatic carbocycles. The zero-order valence-corrected chi connectivity index (χ0v) is 15.9. The highest BCUT2D eigenvalue weighted by atomic mass is 32.2. The van der Waals surface area contributed by atoms with E-state index in [0.29, 0.717) is 18.0 Å². The molecule has 1 aromatic heterocycles. The maximum Gasteiger partial charge on any atom is 0.244 e. The lowest BCUT2D eigenvalue weighted by molar-refractivity contribution is 0.549. The summed E-state index contributed by atoms with van der Waals surface area (Å²) >= 11 is 0. The highest BCUT2D eigenvalue weighted by molar-refractivity contribution is 7.89. The van der Waals surface area contributed by atoms with E-state index in [1.807, 2.05) is 19.1 Å². The van der Waals surface area contributed by atoms with Crippen LogP contribution in [0.4, 0.5) is 0 Å². The van der Waals surface area contributed by atoms with Crippen molar-refractivity contribution >= 4 is 10.0 Å². The molecule has 0 saturated carbocycles. The molecule has 0 radical (unpaired) electrons. The van der Waals surface area contributed by atoms with Crippen molar-refractivity contribution in [2.45, 2.75) is 57.4 Å². The third-order valence-electron chi connectivity index (χ3n) is 4.71.